The second kappa shape index (κ2) is 4.72. The SMILES string of the molecule is CC(=O)C(N)CC1CCN(C)CC1. The highest BCUT2D eigenvalue weighted by Crippen LogP contribution is 2.20. The molecule has 1 rings (SSSR count). The maximum atomic E-state index is 10.9. The summed E-state index contributed by atoms with van der Waals surface area (Å²) in [6.07, 6.45) is 3.26. The molecule has 0 spiro atoms. The van der Waals surface area contributed by atoms with Crippen LogP contribution in [0.4, 0.5) is 0 Å². The molecule has 1 fully saturated rings. The molecule has 1 atom stereocenters. The quantitative estimate of drug-likeness (QED) is 0.700. The third-order valence-corrected chi connectivity index (χ3v) is 2.95. The van der Waals surface area contributed by atoms with Gasteiger partial charge in [-0.05, 0) is 52.2 Å². The van der Waals surface area contributed by atoms with Crippen LogP contribution in [0.3, 0.4) is 0 Å². The van der Waals surface area contributed by atoms with Crippen molar-refractivity contribution in [1.29, 1.82) is 0 Å². The fourth-order valence-corrected chi connectivity index (χ4v) is 1.82. The Labute approximate surface area is 80.3 Å². The minimum absolute atomic E-state index is 0.124. The van der Waals surface area contributed by atoms with Crippen molar-refractivity contribution in [2.75, 3.05) is 20.1 Å². The van der Waals surface area contributed by atoms with E-state index in [0.29, 0.717) is 5.92 Å². The molecule has 13 heavy (non-hydrogen) atoms. The van der Waals surface area contributed by atoms with Crippen LogP contribution < -0.4 is 5.73 Å². The Morgan fingerprint density at radius 2 is 2.08 bits per heavy atom. The van der Waals surface area contributed by atoms with Gasteiger partial charge < -0.3 is 10.6 Å². The van der Waals surface area contributed by atoms with E-state index in [1.54, 1.807) is 6.92 Å². The van der Waals surface area contributed by atoms with Crippen molar-refractivity contribution in [3.05, 3.63) is 0 Å². The molecule has 0 aromatic rings. The Hall–Kier alpha value is -0.410. The molecular weight excluding hydrogens is 164 g/mol. The minimum atomic E-state index is -0.228. The highest BCUT2D eigenvalue weighted by molar-refractivity contribution is 5.81. The topological polar surface area (TPSA) is 46.3 Å². The van der Waals surface area contributed by atoms with Crippen LogP contribution in [0, 0.1) is 5.92 Å². The van der Waals surface area contributed by atoms with Gasteiger partial charge in [-0.15, -0.1) is 0 Å². The number of hydrogen-bond acceptors (Lipinski definition) is 3. The number of ketones is 1. The number of rotatable bonds is 3. The smallest absolute Gasteiger partial charge is 0.146 e. The van der Waals surface area contributed by atoms with Gasteiger partial charge in [0.05, 0.1) is 6.04 Å². The van der Waals surface area contributed by atoms with Crippen molar-refractivity contribution >= 4 is 5.78 Å². The Morgan fingerprint density at radius 1 is 1.54 bits per heavy atom. The fourth-order valence-electron chi connectivity index (χ4n) is 1.82. The van der Waals surface area contributed by atoms with E-state index in [2.05, 4.69) is 11.9 Å². The number of hydrogen-bond donors (Lipinski definition) is 1. The fraction of sp³-hybridized carbons (Fsp3) is 0.900. The molecule has 1 unspecified atom stereocenters. The zero-order valence-corrected chi connectivity index (χ0v) is 8.62. The van der Waals surface area contributed by atoms with Crippen molar-refractivity contribution in [2.45, 2.75) is 32.2 Å². The van der Waals surface area contributed by atoms with Gasteiger partial charge in [0.1, 0.15) is 5.78 Å². The minimum Gasteiger partial charge on any atom is -0.322 e. The molecule has 1 aliphatic rings. The van der Waals surface area contributed by atoms with Crippen LogP contribution in [-0.4, -0.2) is 36.9 Å². The van der Waals surface area contributed by atoms with Gasteiger partial charge in [0.25, 0.3) is 0 Å². The van der Waals surface area contributed by atoms with Gasteiger partial charge in [-0.1, -0.05) is 0 Å². The van der Waals surface area contributed by atoms with Crippen molar-refractivity contribution in [1.82, 2.24) is 4.90 Å². The number of nitrogens with zero attached hydrogens (tertiary/aromatic N) is 1. The summed E-state index contributed by atoms with van der Waals surface area (Å²) in [7, 11) is 2.14. The molecule has 0 bridgehead atoms. The van der Waals surface area contributed by atoms with E-state index < -0.39 is 0 Å². The molecule has 3 nitrogen and oxygen atoms in total. The Bertz CT molecular complexity index is 174. The van der Waals surface area contributed by atoms with E-state index in [9.17, 15) is 4.79 Å². The second-order valence-electron chi connectivity index (χ2n) is 4.20. The van der Waals surface area contributed by atoms with Crippen LogP contribution >= 0.6 is 0 Å². The Balaban J connectivity index is 2.26. The van der Waals surface area contributed by atoms with E-state index in [1.165, 1.54) is 12.8 Å². The van der Waals surface area contributed by atoms with Crippen molar-refractivity contribution in [2.24, 2.45) is 11.7 Å². The molecule has 0 saturated carbocycles. The summed E-state index contributed by atoms with van der Waals surface area (Å²) in [6.45, 7) is 3.88. The van der Waals surface area contributed by atoms with Crippen LogP contribution in [0.5, 0.6) is 0 Å². The molecule has 0 amide bonds. The molecule has 0 aromatic carbocycles. The van der Waals surface area contributed by atoms with Crippen LogP contribution in [-0.2, 0) is 4.79 Å². The standard InChI is InChI=1S/C10H20N2O/c1-8(13)10(11)7-9-3-5-12(2)6-4-9/h9-10H,3-7,11H2,1-2H3. The summed E-state index contributed by atoms with van der Waals surface area (Å²) in [5.74, 6) is 0.786. The molecule has 1 aliphatic heterocycles. The first-order chi connectivity index (χ1) is 6.09. The van der Waals surface area contributed by atoms with Gasteiger partial charge in [0.2, 0.25) is 0 Å². The van der Waals surface area contributed by atoms with E-state index >= 15 is 0 Å². The van der Waals surface area contributed by atoms with Crippen LogP contribution in [0.15, 0.2) is 0 Å². The second-order valence-corrected chi connectivity index (χ2v) is 4.20. The summed E-state index contributed by atoms with van der Waals surface area (Å²) in [4.78, 5) is 13.3. The van der Waals surface area contributed by atoms with Crippen LogP contribution in [0.2, 0.25) is 0 Å². The van der Waals surface area contributed by atoms with Gasteiger partial charge in [0, 0.05) is 0 Å². The predicted molar refractivity (Wildman–Crippen MR) is 53.5 cm³/mol. The third-order valence-electron chi connectivity index (χ3n) is 2.95. The average molecular weight is 184 g/mol. The zero-order valence-electron chi connectivity index (χ0n) is 8.62. The maximum Gasteiger partial charge on any atom is 0.146 e. The van der Waals surface area contributed by atoms with Crippen molar-refractivity contribution < 1.29 is 4.79 Å². The summed E-state index contributed by atoms with van der Waals surface area (Å²) in [5, 5.41) is 0. The first-order valence-corrected chi connectivity index (χ1v) is 5.04. The van der Waals surface area contributed by atoms with Crippen molar-refractivity contribution in [3.8, 4) is 0 Å². The molecule has 2 N–H and O–H groups in total. The maximum absolute atomic E-state index is 10.9. The number of piperidine rings is 1. The van der Waals surface area contributed by atoms with Gasteiger partial charge in [-0.25, -0.2) is 0 Å². The largest absolute Gasteiger partial charge is 0.322 e. The zero-order chi connectivity index (χ0) is 9.84. The Kier molecular flexibility index (Phi) is 3.88. The molecule has 0 radical (unpaired) electrons. The first kappa shape index (κ1) is 10.7. The van der Waals surface area contributed by atoms with E-state index in [-0.39, 0.29) is 11.8 Å². The van der Waals surface area contributed by atoms with Gasteiger partial charge in [-0.3, -0.25) is 4.79 Å². The molecule has 0 aliphatic carbocycles. The normalized spacial score (nSPS) is 23.0. The number of carbonyl (C=O) groups excluding carboxylic acids is 1. The van der Waals surface area contributed by atoms with Crippen molar-refractivity contribution in [3.63, 3.8) is 0 Å². The monoisotopic (exact) mass is 184 g/mol. The number of nitrogens with two attached hydrogens (primary N) is 1. The molecule has 0 aromatic heterocycles. The lowest BCUT2D eigenvalue weighted by atomic mass is 9.90. The van der Waals surface area contributed by atoms with Gasteiger partial charge >= 0.3 is 0 Å². The molecular formula is C10H20N2O. The third kappa shape index (κ3) is 3.44. The van der Waals surface area contributed by atoms with E-state index in [0.717, 1.165) is 19.5 Å². The lowest BCUT2D eigenvalue weighted by Crippen LogP contribution is -2.36. The highest BCUT2D eigenvalue weighted by atomic mass is 16.1. The van der Waals surface area contributed by atoms with E-state index in [1.807, 2.05) is 0 Å². The molecule has 1 saturated heterocycles. The van der Waals surface area contributed by atoms with Gasteiger partial charge in [0.15, 0.2) is 0 Å². The Morgan fingerprint density at radius 3 is 2.54 bits per heavy atom. The van der Waals surface area contributed by atoms with Crippen LogP contribution in [0.1, 0.15) is 26.2 Å². The van der Waals surface area contributed by atoms with E-state index in [4.69, 9.17) is 5.73 Å². The predicted octanol–water partition coefficient (Wildman–Crippen LogP) is 0.635. The molecule has 3 heteroatoms. The summed E-state index contributed by atoms with van der Waals surface area (Å²) < 4.78 is 0. The summed E-state index contributed by atoms with van der Waals surface area (Å²) in [6, 6.07) is -0.228. The number of carbonyl (C=O) groups is 1. The lowest BCUT2D eigenvalue weighted by molar-refractivity contribution is -0.118. The number of Topliss-reactive ketones (excluding diaryl/α,β-unsaturated/α-hetero) is 1. The first-order valence-electron chi connectivity index (χ1n) is 5.04. The lowest BCUT2D eigenvalue weighted by Gasteiger charge is -2.29. The summed E-state index contributed by atoms with van der Waals surface area (Å²) >= 11 is 0. The number of likely N-dealkylation sites (tertiary alicyclic amines) is 1. The summed E-state index contributed by atoms with van der Waals surface area (Å²) in [5.41, 5.74) is 5.72. The average Bonchev–Trinajstić information content (AvgIpc) is 2.08. The molecule has 76 valence electrons. The van der Waals surface area contributed by atoms with Crippen LogP contribution in [0.25, 0.3) is 0 Å². The highest BCUT2D eigenvalue weighted by Gasteiger charge is 2.20. The molecule has 1 heterocycles. The van der Waals surface area contributed by atoms with Gasteiger partial charge in [-0.2, -0.15) is 0 Å².